The first kappa shape index (κ1) is 24.2. The Hall–Kier alpha value is -2.89. The van der Waals surface area contributed by atoms with Gasteiger partial charge in [-0.3, -0.25) is 0 Å². The zero-order valence-corrected chi connectivity index (χ0v) is 22.1. The van der Waals surface area contributed by atoms with Crippen molar-refractivity contribution < 1.29 is 17.1 Å². The molecule has 4 nitrogen and oxygen atoms in total. The van der Waals surface area contributed by atoms with Gasteiger partial charge in [-0.2, -0.15) is 0 Å². The molecule has 0 N–H and O–H groups in total. The Morgan fingerprint density at radius 1 is 0.941 bits per heavy atom. The van der Waals surface area contributed by atoms with Crippen LogP contribution >= 0.6 is 11.3 Å². The summed E-state index contributed by atoms with van der Waals surface area (Å²) >= 11 is 1.85. The summed E-state index contributed by atoms with van der Waals surface area (Å²) in [5, 5.41) is 2.45. The van der Waals surface area contributed by atoms with Gasteiger partial charge >= 0.3 is 0 Å². The van der Waals surface area contributed by atoms with Crippen LogP contribution in [-0.4, -0.2) is 46.2 Å². The highest BCUT2D eigenvalue weighted by Crippen LogP contribution is 2.45. The summed E-state index contributed by atoms with van der Waals surface area (Å²) < 4.78 is 9.50. The predicted octanol–water partition coefficient (Wildman–Crippen LogP) is 2.33. The van der Waals surface area contributed by atoms with Crippen molar-refractivity contribution in [1.82, 2.24) is 4.58 Å². The minimum Gasteiger partial charge on any atom is -1.00 e. The lowest BCUT2D eigenvalue weighted by Crippen LogP contribution is -3.00. The number of hydrogen-bond acceptors (Lipinski definition) is 4. The lowest BCUT2D eigenvalue weighted by molar-refractivity contribution is -0.00000730. The van der Waals surface area contributed by atoms with Crippen LogP contribution in [0.25, 0.3) is 31.7 Å². The summed E-state index contributed by atoms with van der Waals surface area (Å²) in [6, 6.07) is 22.0. The van der Waals surface area contributed by atoms with Crippen molar-refractivity contribution in [2.24, 2.45) is 4.99 Å². The van der Waals surface area contributed by atoms with Crippen LogP contribution in [-0.2, 0) is 4.74 Å². The number of nitrogens with zero attached hydrogens (tertiary/aromatic N) is 3. The van der Waals surface area contributed by atoms with Crippen LogP contribution in [0.3, 0.4) is 0 Å². The monoisotopic (exact) mass is 491 g/mol. The molecule has 5 rings (SSSR count). The van der Waals surface area contributed by atoms with Crippen LogP contribution in [0.4, 0.5) is 5.69 Å². The Morgan fingerprint density at radius 2 is 1.68 bits per heavy atom. The van der Waals surface area contributed by atoms with E-state index in [0.29, 0.717) is 6.61 Å². The number of hydrogen-bond donors (Lipinski definition) is 0. The van der Waals surface area contributed by atoms with Gasteiger partial charge in [0, 0.05) is 58.0 Å². The molecule has 0 aromatic heterocycles. The maximum absolute atomic E-state index is 6.08. The average molecular weight is 492 g/mol. The third kappa shape index (κ3) is 4.30. The first-order valence-corrected chi connectivity index (χ1v) is 12.1. The highest BCUT2D eigenvalue weighted by Gasteiger charge is 2.29. The van der Waals surface area contributed by atoms with Crippen molar-refractivity contribution >= 4 is 33.0 Å². The molecular weight excluding hydrogens is 462 g/mol. The molecule has 3 aliphatic rings. The van der Waals surface area contributed by atoms with Crippen LogP contribution in [0.1, 0.15) is 19.4 Å². The lowest BCUT2D eigenvalue weighted by atomic mass is 9.92. The number of anilines is 1. The van der Waals surface area contributed by atoms with Gasteiger partial charge in [0.25, 0.3) is 0 Å². The molecule has 2 aromatic carbocycles. The number of fused-ring (bicyclic) bond motifs is 2. The molecule has 2 aliphatic heterocycles. The van der Waals surface area contributed by atoms with E-state index >= 15 is 0 Å². The fourth-order valence-electron chi connectivity index (χ4n) is 4.32. The molecule has 1 aliphatic carbocycles. The molecule has 0 fully saturated rings. The minimum atomic E-state index is -0.202. The van der Waals surface area contributed by atoms with Crippen molar-refractivity contribution in [3.8, 4) is 21.6 Å². The number of benzene rings is 3. The lowest BCUT2D eigenvalue weighted by Gasteiger charge is -2.19. The fourth-order valence-corrected chi connectivity index (χ4v) is 5.48. The van der Waals surface area contributed by atoms with Gasteiger partial charge in [0.15, 0.2) is 0 Å². The first-order valence-electron chi connectivity index (χ1n) is 11.2. The summed E-state index contributed by atoms with van der Waals surface area (Å²) in [7, 11) is 8.35. The van der Waals surface area contributed by atoms with Crippen LogP contribution < -0.4 is 27.2 Å². The summed E-state index contributed by atoms with van der Waals surface area (Å²) in [4.78, 5) is 8.32. The van der Waals surface area contributed by atoms with E-state index in [1.807, 2.05) is 11.3 Å². The van der Waals surface area contributed by atoms with Gasteiger partial charge in [-0.25, -0.2) is 9.57 Å². The van der Waals surface area contributed by atoms with Gasteiger partial charge in [-0.05, 0) is 49.2 Å². The van der Waals surface area contributed by atoms with Gasteiger partial charge in [0.1, 0.15) is 20.7 Å². The normalized spacial score (nSPS) is 14.5. The molecule has 0 unspecified atom stereocenters. The molecular formula is C28H30ClN3OS. The van der Waals surface area contributed by atoms with E-state index < -0.39 is 0 Å². The maximum atomic E-state index is 6.08. The van der Waals surface area contributed by atoms with E-state index in [1.165, 1.54) is 37.1 Å². The van der Waals surface area contributed by atoms with E-state index in [4.69, 9.17) is 9.73 Å². The second-order valence-corrected chi connectivity index (χ2v) is 10.8. The molecule has 2 aromatic rings. The van der Waals surface area contributed by atoms with Gasteiger partial charge in [-0.15, -0.1) is 11.3 Å². The standard InChI is InChI=1S/C28H30N3OS.ClH/c1-28(2)17-32-27(29-28)21-10-8-7-9-20(21)26-22-13-11-18(30(3)4)15-24(22)33-25-16-19(31(5)6)12-14-23(25)26;/h7-16H,17H2,1-6H3;1H/q+1;/p-1. The van der Waals surface area contributed by atoms with Crippen molar-refractivity contribution in [3.05, 3.63) is 71.6 Å². The van der Waals surface area contributed by atoms with Gasteiger partial charge in [0.2, 0.25) is 11.3 Å². The van der Waals surface area contributed by atoms with Gasteiger partial charge < -0.3 is 22.0 Å². The molecule has 6 heteroatoms. The quantitative estimate of drug-likeness (QED) is 0.325. The number of halogens is 1. The molecule has 0 saturated heterocycles. The molecule has 34 heavy (non-hydrogen) atoms. The fraction of sp³-hybridized carbons (Fsp3) is 0.286. The van der Waals surface area contributed by atoms with E-state index in [0.717, 1.165) is 17.0 Å². The largest absolute Gasteiger partial charge is 1.00 e. The molecule has 0 saturated carbocycles. The molecule has 0 radical (unpaired) electrons. The third-order valence-corrected chi connectivity index (χ3v) is 7.23. The van der Waals surface area contributed by atoms with Crippen LogP contribution in [0.15, 0.2) is 65.7 Å². The molecule has 0 bridgehead atoms. The Bertz CT molecular complexity index is 1450. The summed E-state index contributed by atoms with van der Waals surface area (Å²) in [5.41, 5.74) is 5.70. The van der Waals surface area contributed by atoms with Gasteiger partial charge in [-0.1, -0.05) is 24.3 Å². The SMILES string of the molecule is CN(C)c1ccc2c(-c3ccccc3C3=NC(C)(C)CO3)c3ccc(=[N+](C)C)cc-3sc2c1.[Cl-]. The molecule has 176 valence electrons. The number of ether oxygens (including phenoxy) is 1. The summed E-state index contributed by atoms with van der Waals surface area (Å²) in [6.45, 7) is 4.83. The second-order valence-electron chi connectivity index (χ2n) is 9.69. The molecule has 0 amide bonds. The van der Waals surface area contributed by atoms with Gasteiger partial charge in [0.05, 0.1) is 5.54 Å². The zero-order valence-electron chi connectivity index (χ0n) is 20.5. The van der Waals surface area contributed by atoms with E-state index in [1.54, 1.807) is 0 Å². The Balaban J connectivity index is 0.00000274. The molecule has 2 heterocycles. The van der Waals surface area contributed by atoms with Crippen LogP contribution in [0.5, 0.6) is 0 Å². The van der Waals surface area contributed by atoms with E-state index in [-0.39, 0.29) is 17.9 Å². The average Bonchev–Trinajstić information content (AvgIpc) is 3.16. The highest BCUT2D eigenvalue weighted by atomic mass is 35.5. The number of aliphatic imine (C=N–C) groups is 1. The smallest absolute Gasteiger partial charge is 0.217 e. The zero-order chi connectivity index (χ0) is 23.3. The Morgan fingerprint density at radius 3 is 2.32 bits per heavy atom. The summed E-state index contributed by atoms with van der Waals surface area (Å²) in [5.74, 6) is 0.735. The highest BCUT2D eigenvalue weighted by molar-refractivity contribution is 7.21. The van der Waals surface area contributed by atoms with Crippen molar-refractivity contribution in [2.75, 3.05) is 39.7 Å². The van der Waals surface area contributed by atoms with E-state index in [2.05, 4.69) is 112 Å². The second kappa shape index (κ2) is 9.05. The topological polar surface area (TPSA) is 27.8 Å². The van der Waals surface area contributed by atoms with E-state index in [9.17, 15) is 0 Å². The number of rotatable bonds is 3. The van der Waals surface area contributed by atoms with Crippen molar-refractivity contribution in [1.29, 1.82) is 0 Å². The third-order valence-electron chi connectivity index (χ3n) is 6.11. The molecule has 0 spiro atoms. The van der Waals surface area contributed by atoms with Crippen molar-refractivity contribution in [3.63, 3.8) is 0 Å². The first-order chi connectivity index (χ1) is 15.7. The summed E-state index contributed by atoms with van der Waals surface area (Å²) in [6.07, 6.45) is 0. The Kier molecular flexibility index (Phi) is 6.45. The minimum absolute atomic E-state index is 0. The maximum Gasteiger partial charge on any atom is 0.217 e. The van der Waals surface area contributed by atoms with Crippen LogP contribution in [0, 0.1) is 0 Å². The molecule has 0 atom stereocenters. The van der Waals surface area contributed by atoms with Crippen LogP contribution in [0.2, 0.25) is 0 Å². The van der Waals surface area contributed by atoms with Crippen molar-refractivity contribution in [2.45, 2.75) is 19.4 Å². The Labute approximate surface area is 211 Å². The predicted molar refractivity (Wildman–Crippen MR) is 142 cm³/mol.